The monoisotopic (exact) mass is 406 g/mol. The Bertz CT molecular complexity index is 918. The molecule has 1 N–H and O–H groups in total. The van der Waals surface area contributed by atoms with Crippen molar-refractivity contribution in [1.82, 2.24) is 10.2 Å². The van der Waals surface area contributed by atoms with Gasteiger partial charge in [-0.3, -0.25) is 9.69 Å². The summed E-state index contributed by atoms with van der Waals surface area (Å²) in [5, 5.41) is 3.33. The topological polar surface area (TPSA) is 41.6 Å². The first-order valence-electron chi connectivity index (χ1n) is 11.1. The zero-order valence-electron chi connectivity index (χ0n) is 18.9. The second kappa shape index (κ2) is 8.43. The maximum atomic E-state index is 12.8. The van der Waals surface area contributed by atoms with Gasteiger partial charge in [0.2, 0.25) is 0 Å². The average Bonchev–Trinajstić information content (AvgIpc) is 2.93. The molecule has 4 rings (SSSR count). The predicted molar refractivity (Wildman–Crippen MR) is 121 cm³/mol. The third-order valence-electron chi connectivity index (χ3n) is 7.13. The van der Waals surface area contributed by atoms with Crippen molar-refractivity contribution >= 4 is 5.91 Å². The van der Waals surface area contributed by atoms with E-state index in [1.54, 1.807) is 7.11 Å². The lowest BCUT2D eigenvalue weighted by Crippen LogP contribution is -2.50. The molecule has 0 aromatic heterocycles. The van der Waals surface area contributed by atoms with Gasteiger partial charge in [-0.15, -0.1) is 0 Å². The summed E-state index contributed by atoms with van der Waals surface area (Å²) in [5.74, 6) is 1.04. The van der Waals surface area contributed by atoms with Gasteiger partial charge < -0.3 is 10.1 Å². The van der Waals surface area contributed by atoms with Crippen LogP contribution in [0.2, 0.25) is 0 Å². The number of piperidine rings is 1. The molecule has 0 aliphatic carbocycles. The van der Waals surface area contributed by atoms with Crippen LogP contribution in [0, 0.1) is 27.7 Å². The molecule has 30 heavy (non-hydrogen) atoms. The molecular formula is C26H34N2O2. The van der Waals surface area contributed by atoms with Crippen LogP contribution in [0.4, 0.5) is 0 Å². The van der Waals surface area contributed by atoms with Gasteiger partial charge in [-0.1, -0.05) is 23.3 Å². The smallest absolute Gasteiger partial charge is 0.251 e. The number of benzene rings is 2. The number of hydrogen-bond donors (Lipinski definition) is 1. The zero-order chi connectivity index (χ0) is 21.4. The summed E-state index contributed by atoms with van der Waals surface area (Å²) < 4.78 is 5.47. The van der Waals surface area contributed by atoms with E-state index in [0.717, 1.165) is 41.8 Å². The fraction of sp³-hybridized carbons (Fsp3) is 0.500. The number of amides is 1. The van der Waals surface area contributed by atoms with Crippen LogP contribution in [0.25, 0.3) is 0 Å². The maximum Gasteiger partial charge on any atom is 0.251 e. The Morgan fingerprint density at radius 3 is 2.23 bits per heavy atom. The number of nitrogens with zero attached hydrogens (tertiary/aromatic N) is 1. The van der Waals surface area contributed by atoms with Crippen LogP contribution in [-0.2, 0) is 6.54 Å². The van der Waals surface area contributed by atoms with Crippen LogP contribution in [0.3, 0.4) is 0 Å². The van der Waals surface area contributed by atoms with Crippen molar-refractivity contribution in [3.05, 3.63) is 63.7 Å². The molecule has 0 spiro atoms. The molecule has 2 bridgehead atoms. The first-order valence-corrected chi connectivity index (χ1v) is 11.1. The molecule has 1 amide bonds. The number of ether oxygens (including phenoxy) is 1. The van der Waals surface area contributed by atoms with Crippen LogP contribution in [0.5, 0.6) is 5.75 Å². The SMILES string of the molecule is COc1ccc(CN2C3CCC2CC(NC(=O)c2cc(C)cc(C)c2)C3)c(C)c1C. The Morgan fingerprint density at radius 1 is 1.00 bits per heavy atom. The molecule has 2 unspecified atom stereocenters. The molecule has 2 heterocycles. The van der Waals surface area contributed by atoms with E-state index >= 15 is 0 Å². The second-order valence-electron chi connectivity index (χ2n) is 9.25. The highest BCUT2D eigenvalue weighted by Gasteiger charge is 2.41. The van der Waals surface area contributed by atoms with Gasteiger partial charge >= 0.3 is 0 Å². The fourth-order valence-electron chi connectivity index (χ4n) is 5.47. The summed E-state index contributed by atoms with van der Waals surface area (Å²) in [6, 6.07) is 11.8. The zero-order valence-corrected chi connectivity index (χ0v) is 18.9. The number of hydrogen-bond acceptors (Lipinski definition) is 3. The van der Waals surface area contributed by atoms with Gasteiger partial charge in [0.25, 0.3) is 5.91 Å². The summed E-state index contributed by atoms with van der Waals surface area (Å²) in [6.45, 7) is 9.42. The van der Waals surface area contributed by atoms with Crippen LogP contribution < -0.4 is 10.1 Å². The van der Waals surface area contributed by atoms with Crippen LogP contribution in [-0.4, -0.2) is 36.0 Å². The first kappa shape index (κ1) is 20.9. The minimum atomic E-state index is 0.0706. The number of methoxy groups -OCH3 is 1. The van der Waals surface area contributed by atoms with E-state index in [1.165, 1.54) is 29.5 Å². The molecule has 2 aliphatic rings. The minimum absolute atomic E-state index is 0.0706. The highest BCUT2D eigenvalue weighted by atomic mass is 16.5. The summed E-state index contributed by atoms with van der Waals surface area (Å²) in [7, 11) is 1.73. The quantitative estimate of drug-likeness (QED) is 0.771. The second-order valence-corrected chi connectivity index (χ2v) is 9.25. The molecule has 0 radical (unpaired) electrons. The minimum Gasteiger partial charge on any atom is -0.496 e. The normalized spacial score (nSPS) is 23.4. The van der Waals surface area contributed by atoms with Crippen molar-refractivity contribution in [2.75, 3.05) is 7.11 Å². The van der Waals surface area contributed by atoms with E-state index in [1.807, 2.05) is 26.0 Å². The Balaban J connectivity index is 1.42. The van der Waals surface area contributed by atoms with E-state index in [2.05, 4.69) is 42.3 Å². The van der Waals surface area contributed by atoms with E-state index in [-0.39, 0.29) is 11.9 Å². The van der Waals surface area contributed by atoms with Gasteiger partial charge in [0.1, 0.15) is 5.75 Å². The number of carbonyl (C=O) groups excluding carboxylic acids is 1. The lowest BCUT2D eigenvalue weighted by atomic mass is 9.94. The molecule has 2 atom stereocenters. The van der Waals surface area contributed by atoms with Crippen LogP contribution in [0.1, 0.15) is 63.9 Å². The lowest BCUT2D eigenvalue weighted by Gasteiger charge is -2.39. The molecule has 2 aliphatic heterocycles. The molecule has 0 saturated carbocycles. The standard InChI is InChI=1S/C26H34N2O2/c1-16-10-17(2)12-21(11-16)26(29)27-22-13-23-7-8-24(14-22)28(23)15-20-6-9-25(30-5)19(4)18(20)3/h6,9-12,22-24H,7-8,13-15H2,1-5H3,(H,27,29). The third kappa shape index (κ3) is 4.11. The van der Waals surface area contributed by atoms with E-state index in [0.29, 0.717) is 12.1 Å². The molecular weight excluding hydrogens is 372 g/mol. The van der Waals surface area contributed by atoms with Gasteiger partial charge in [0, 0.05) is 30.2 Å². The largest absolute Gasteiger partial charge is 0.496 e. The molecule has 160 valence electrons. The maximum absolute atomic E-state index is 12.8. The van der Waals surface area contributed by atoms with Crippen LogP contribution in [0.15, 0.2) is 30.3 Å². The number of nitrogens with one attached hydrogen (secondary N) is 1. The van der Waals surface area contributed by atoms with Crippen molar-refractivity contribution in [1.29, 1.82) is 0 Å². The summed E-state index contributed by atoms with van der Waals surface area (Å²) in [6.07, 6.45) is 4.55. The predicted octanol–water partition coefficient (Wildman–Crippen LogP) is 4.85. The highest BCUT2D eigenvalue weighted by molar-refractivity contribution is 5.94. The van der Waals surface area contributed by atoms with E-state index in [4.69, 9.17) is 4.74 Å². The number of rotatable bonds is 5. The van der Waals surface area contributed by atoms with Crippen molar-refractivity contribution in [2.24, 2.45) is 0 Å². The lowest BCUT2D eigenvalue weighted by molar-refractivity contribution is 0.0827. The summed E-state index contributed by atoms with van der Waals surface area (Å²) >= 11 is 0. The van der Waals surface area contributed by atoms with Crippen LogP contribution >= 0.6 is 0 Å². The molecule has 2 aromatic rings. The van der Waals surface area contributed by atoms with Gasteiger partial charge in [-0.05, 0) is 88.3 Å². The number of carbonyl (C=O) groups is 1. The molecule has 2 fully saturated rings. The summed E-state index contributed by atoms with van der Waals surface area (Å²) in [5.41, 5.74) is 7.02. The van der Waals surface area contributed by atoms with Crippen molar-refractivity contribution in [2.45, 2.75) is 78.0 Å². The average molecular weight is 407 g/mol. The van der Waals surface area contributed by atoms with Gasteiger partial charge in [0.05, 0.1) is 7.11 Å². The Labute approximate surface area is 180 Å². The first-order chi connectivity index (χ1) is 14.4. The fourth-order valence-corrected chi connectivity index (χ4v) is 5.47. The van der Waals surface area contributed by atoms with Crippen molar-refractivity contribution < 1.29 is 9.53 Å². The Morgan fingerprint density at radius 2 is 1.63 bits per heavy atom. The van der Waals surface area contributed by atoms with Crippen molar-refractivity contribution in [3.8, 4) is 5.75 Å². The molecule has 2 saturated heterocycles. The summed E-state index contributed by atoms with van der Waals surface area (Å²) in [4.78, 5) is 15.5. The number of aryl methyl sites for hydroxylation is 2. The highest BCUT2D eigenvalue weighted by Crippen LogP contribution is 2.38. The van der Waals surface area contributed by atoms with E-state index < -0.39 is 0 Å². The van der Waals surface area contributed by atoms with Crippen molar-refractivity contribution in [3.63, 3.8) is 0 Å². The Hall–Kier alpha value is -2.33. The van der Waals surface area contributed by atoms with E-state index in [9.17, 15) is 4.79 Å². The van der Waals surface area contributed by atoms with Gasteiger partial charge in [0.15, 0.2) is 0 Å². The number of fused-ring (bicyclic) bond motifs is 2. The van der Waals surface area contributed by atoms with Gasteiger partial charge in [-0.25, -0.2) is 0 Å². The van der Waals surface area contributed by atoms with Gasteiger partial charge in [-0.2, -0.15) is 0 Å². The third-order valence-corrected chi connectivity index (χ3v) is 7.13. The molecule has 2 aromatic carbocycles. The molecule has 4 nitrogen and oxygen atoms in total. The Kier molecular flexibility index (Phi) is 5.88. The molecule has 4 heteroatoms.